The summed E-state index contributed by atoms with van der Waals surface area (Å²) in [5, 5.41) is 12.3. The van der Waals surface area contributed by atoms with Crippen LogP contribution in [0.2, 0.25) is 0 Å². The van der Waals surface area contributed by atoms with E-state index in [1.54, 1.807) is 4.68 Å². The fourth-order valence-corrected chi connectivity index (χ4v) is 4.66. The topological polar surface area (TPSA) is 62.1 Å². The Labute approximate surface area is 262 Å². The Balaban J connectivity index is 1.44. The lowest BCUT2D eigenvalue weighted by Crippen LogP contribution is -2.70. The number of hydrogen-bond donors (Lipinski definition) is 0. The Morgan fingerprint density at radius 2 is 1.36 bits per heavy atom. The lowest BCUT2D eigenvalue weighted by Gasteiger charge is -2.39. The summed E-state index contributed by atoms with van der Waals surface area (Å²) in [5.41, 5.74) is 1.43. The molecule has 2 aromatic carbocycles. The van der Waals surface area contributed by atoms with Crippen molar-refractivity contribution in [1.29, 1.82) is 0 Å². The van der Waals surface area contributed by atoms with Gasteiger partial charge in [0.25, 0.3) is 0 Å². The van der Waals surface area contributed by atoms with E-state index in [0.29, 0.717) is 23.1 Å². The molecule has 0 saturated carbocycles. The third-order valence-corrected chi connectivity index (χ3v) is 7.68. The average molecular weight is 717 g/mol. The minimum Gasteiger partial charge on any atom is -0.494 e. The summed E-state index contributed by atoms with van der Waals surface area (Å²) in [6.45, 7) is 1.57. The highest BCUT2D eigenvalue weighted by Crippen LogP contribution is 2.60. The number of nitrogens with zero attached hydrogens (tertiary/aromatic N) is 4. The van der Waals surface area contributed by atoms with Crippen molar-refractivity contribution in [2.24, 2.45) is 5.92 Å². The van der Waals surface area contributed by atoms with Crippen LogP contribution in [-0.4, -0.2) is 75.0 Å². The summed E-state index contributed by atoms with van der Waals surface area (Å²) < 4.78 is 184. The Hall–Kier alpha value is -3.29. The number of alkyl halides is 13. The number of halogens is 13. The van der Waals surface area contributed by atoms with Gasteiger partial charge in [-0.15, -0.1) is 5.10 Å². The third-order valence-electron chi connectivity index (χ3n) is 6.44. The number of para-hydroxylation sites is 1. The van der Waals surface area contributed by atoms with E-state index in [1.807, 2.05) is 37.3 Å². The number of hydrogen-bond acceptors (Lipinski definition) is 6. The largest absolute Gasteiger partial charge is 0.494 e. The molecule has 0 aliphatic heterocycles. The van der Waals surface area contributed by atoms with Crippen molar-refractivity contribution in [3.63, 3.8) is 0 Å². The van der Waals surface area contributed by atoms with Gasteiger partial charge in [0.1, 0.15) is 5.75 Å². The molecule has 0 radical (unpaired) electrons. The quantitative estimate of drug-likeness (QED) is 0.0794. The van der Waals surface area contributed by atoms with Gasteiger partial charge in [-0.3, -0.25) is 0 Å². The van der Waals surface area contributed by atoms with Gasteiger partial charge in [-0.2, -0.15) is 61.8 Å². The van der Waals surface area contributed by atoms with Gasteiger partial charge in [0, 0.05) is 12.2 Å². The van der Waals surface area contributed by atoms with Crippen LogP contribution in [0.5, 0.6) is 5.75 Å². The van der Waals surface area contributed by atoms with Gasteiger partial charge in [-0.05, 0) is 52.6 Å². The van der Waals surface area contributed by atoms with E-state index in [-0.39, 0.29) is 18.3 Å². The van der Waals surface area contributed by atoms with Crippen LogP contribution in [0.1, 0.15) is 25.3 Å². The molecule has 0 unspecified atom stereocenters. The van der Waals surface area contributed by atoms with E-state index in [4.69, 9.17) is 9.47 Å². The Kier molecular flexibility index (Phi) is 11.7. The molecule has 3 aromatic rings. The van der Waals surface area contributed by atoms with E-state index >= 15 is 0 Å². The molecule has 0 fully saturated rings. The molecule has 0 N–H and O–H groups in total. The van der Waals surface area contributed by atoms with Crippen LogP contribution >= 0.6 is 11.8 Å². The van der Waals surface area contributed by atoms with Crippen molar-refractivity contribution in [2.45, 2.75) is 67.3 Å². The van der Waals surface area contributed by atoms with E-state index in [1.165, 1.54) is 36.0 Å². The second kappa shape index (κ2) is 14.4. The Bertz CT molecular complexity index is 1420. The zero-order valence-electron chi connectivity index (χ0n) is 23.9. The zero-order chi connectivity index (χ0) is 35.3. The van der Waals surface area contributed by atoms with Gasteiger partial charge >= 0.3 is 35.8 Å². The monoisotopic (exact) mass is 716 g/mol. The van der Waals surface area contributed by atoms with Crippen molar-refractivity contribution in [3.05, 3.63) is 60.2 Å². The van der Waals surface area contributed by atoms with Gasteiger partial charge < -0.3 is 9.47 Å². The van der Waals surface area contributed by atoms with Crippen molar-refractivity contribution in [2.75, 3.05) is 19.0 Å². The standard InChI is InChI=1S/C27H25F13N4O2S/c1-17(16-47-21-41-42-43-44(21)19-6-3-2-4-7-19)14-45-15-18-8-10-20(11-9-18)46-13-5-12-22(28,29)23(30,31)24(32,33)25(34,35)26(36,37)27(38,39)40/h2-4,6-11,17H,5,12-16H2,1H3/t17-/m1/s1. The summed E-state index contributed by atoms with van der Waals surface area (Å²) in [4.78, 5) is 0. The average Bonchev–Trinajstić information content (AvgIpc) is 3.47. The van der Waals surface area contributed by atoms with Gasteiger partial charge in [0.15, 0.2) is 0 Å². The minimum absolute atomic E-state index is 0.00795. The molecule has 262 valence electrons. The van der Waals surface area contributed by atoms with Gasteiger partial charge in [-0.25, -0.2) is 0 Å². The molecular formula is C27H25F13N4O2S. The first kappa shape index (κ1) is 38.2. The van der Waals surface area contributed by atoms with Crippen LogP contribution in [0.15, 0.2) is 59.8 Å². The van der Waals surface area contributed by atoms with Crippen molar-refractivity contribution in [1.82, 2.24) is 20.2 Å². The summed E-state index contributed by atoms with van der Waals surface area (Å²) in [5.74, 6) is -36.2. The van der Waals surface area contributed by atoms with Crippen LogP contribution in [0, 0.1) is 5.92 Å². The molecule has 0 spiro atoms. The number of ether oxygens (including phenoxy) is 2. The maximum absolute atomic E-state index is 13.9. The Morgan fingerprint density at radius 3 is 1.96 bits per heavy atom. The lowest BCUT2D eigenvalue weighted by molar-refractivity contribution is -0.440. The molecular weight excluding hydrogens is 691 g/mol. The predicted molar refractivity (Wildman–Crippen MR) is 141 cm³/mol. The van der Waals surface area contributed by atoms with E-state index in [2.05, 4.69) is 15.5 Å². The second-order valence-electron chi connectivity index (χ2n) is 10.2. The molecule has 0 amide bonds. The van der Waals surface area contributed by atoms with Gasteiger partial charge in [-0.1, -0.05) is 49.0 Å². The smallest absolute Gasteiger partial charge is 0.460 e. The van der Waals surface area contributed by atoms with Gasteiger partial charge in [0.05, 0.1) is 25.5 Å². The lowest BCUT2D eigenvalue weighted by atomic mass is 9.92. The molecule has 47 heavy (non-hydrogen) atoms. The number of tetrazole rings is 1. The maximum atomic E-state index is 13.9. The molecule has 1 aromatic heterocycles. The molecule has 3 rings (SSSR count). The van der Waals surface area contributed by atoms with E-state index in [0.717, 1.165) is 5.69 Å². The van der Waals surface area contributed by atoms with Gasteiger partial charge in [0.2, 0.25) is 5.16 Å². The molecule has 1 heterocycles. The molecule has 0 aliphatic rings. The number of rotatable bonds is 17. The molecule has 1 atom stereocenters. The van der Waals surface area contributed by atoms with Crippen LogP contribution in [0.3, 0.4) is 0 Å². The highest BCUT2D eigenvalue weighted by atomic mass is 32.2. The first-order valence-electron chi connectivity index (χ1n) is 13.4. The van der Waals surface area contributed by atoms with Crippen LogP contribution in [-0.2, 0) is 11.3 Å². The first-order chi connectivity index (χ1) is 21.7. The highest BCUT2D eigenvalue weighted by Gasteiger charge is 2.90. The van der Waals surface area contributed by atoms with Crippen molar-refractivity contribution >= 4 is 11.8 Å². The molecule has 6 nitrogen and oxygen atoms in total. The normalized spacial score (nSPS) is 14.3. The molecule has 0 bridgehead atoms. The number of aromatic nitrogens is 4. The number of benzene rings is 2. The van der Waals surface area contributed by atoms with Crippen molar-refractivity contribution in [3.8, 4) is 11.4 Å². The first-order valence-corrected chi connectivity index (χ1v) is 14.4. The summed E-state index contributed by atoms with van der Waals surface area (Å²) in [6, 6.07) is 14.9. The summed E-state index contributed by atoms with van der Waals surface area (Å²) in [6.07, 6.45) is -10.9. The molecule has 0 aliphatic carbocycles. The minimum atomic E-state index is -7.91. The summed E-state index contributed by atoms with van der Waals surface area (Å²) >= 11 is 1.42. The predicted octanol–water partition coefficient (Wildman–Crippen LogP) is 8.51. The van der Waals surface area contributed by atoms with Crippen LogP contribution in [0.4, 0.5) is 57.1 Å². The summed E-state index contributed by atoms with van der Waals surface area (Å²) in [7, 11) is 0. The number of thioether (sulfide) groups is 1. The van der Waals surface area contributed by atoms with E-state index < -0.39 is 55.2 Å². The van der Waals surface area contributed by atoms with E-state index in [9.17, 15) is 57.1 Å². The fraction of sp³-hybridized carbons (Fsp3) is 0.519. The SMILES string of the molecule is C[C@H](COCc1ccc(OCCCC(F)(F)C(F)(F)C(F)(F)C(F)(F)C(F)(F)C(F)(F)F)cc1)CSc1nnnn1-c1ccccc1. The fourth-order valence-electron chi connectivity index (χ4n) is 3.77. The second-order valence-corrected chi connectivity index (χ2v) is 11.2. The highest BCUT2D eigenvalue weighted by molar-refractivity contribution is 7.99. The van der Waals surface area contributed by atoms with Crippen LogP contribution in [0.25, 0.3) is 5.69 Å². The van der Waals surface area contributed by atoms with Crippen LogP contribution < -0.4 is 4.74 Å². The molecule has 0 saturated heterocycles. The maximum Gasteiger partial charge on any atom is 0.460 e. The third kappa shape index (κ3) is 8.24. The molecule has 20 heteroatoms. The Morgan fingerprint density at radius 1 is 0.766 bits per heavy atom. The van der Waals surface area contributed by atoms with Crippen molar-refractivity contribution < 1.29 is 66.5 Å². The zero-order valence-corrected chi connectivity index (χ0v) is 24.8.